The molecule has 0 amide bonds. The van der Waals surface area contributed by atoms with Crippen molar-refractivity contribution in [3.8, 4) is 0 Å². The van der Waals surface area contributed by atoms with Crippen molar-refractivity contribution in [1.82, 2.24) is 0 Å². The maximum absolute atomic E-state index is 11.2. The Labute approximate surface area is 191 Å². The molecule has 0 saturated heterocycles. The third kappa shape index (κ3) is 11.6. The topological polar surface area (TPSA) is 78.5 Å². The molecule has 1 aliphatic rings. The molecule has 0 aromatic heterocycles. The average molecular weight is 434 g/mol. The molecule has 1 aliphatic heterocycles. The molecule has 0 aliphatic carbocycles. The number of hydrogen-bond acceptors (Lipinski definition) is 4. The van der Waals surface area contributed by atoms with E-state index >= 15 is 0 Å². The number of carboxylic acid groups (broad SMARTS) is 1. The standard InChI is InChI=1S/C26H47N3O2/c1-3-4-5-6-7-8-9-10-11-12-13-14-15-16-17-18-19-20-25-28-21-22-29(25,24(2)27)23-26(30)31/h4-5,21-22,24H,3,6-20,23,27H2,1-2H3/b5-4+. The first kappa shape index (κ1) is 27.6. The van der Waals surface area contributed by atoms with Crippen molar-refractivity contribution in [2.45, 2.75) is 123 Å². The Balaban J connectivity index is 1.96. The molecule has 0 fully saturated rings. The smallest absolute Gasteiger partial charge is 0.209 e. The molecule has 5 heteroatoms. The second-order valence-corrected chi connectivity index (χ2v) is 9.06. The Morgan fingerprint density at radius 2 is 1.48 bits per heavy atom. The summed E-state index contributed by atoms with van der Waals surface area (Å²) in [5.74, 6) is -0.229. The maximum Gasteiger partial charge on any atom is 0.209 e. The highest BCUT2D eigenvalue weighted by Gasteiger charge is 2.38. The van der Waals surface area contributed by atoms with Gasteiger partial charge in [-0.3, -0.25) is 5.73 Å². The fourth-order valence-corrected chi connectivity index (χ4v) is 4.35. The van der Waals surface area contributed by atoms with Crippen molar-refractivity contribution in [3.63, 3.8) is 0 Å². The molecule has 178 valence electrons. The van der Waals surface area contributed by atoms with Gasteiger partial charge in [0.05, 0.1) is 12.2 Å². The van der Waals surface area contributed by atoms with Crippen LogP contribution in [-0.4, -0.2) is 29.0 Å². The number of carbonyl (C=O) groups excluding carboxylic acids is 1. The third-order valence-corrected chi connectivity index (χ3v) is 6.33. The van der Waals surface area contributed by atoms with E-state index in [2.05, 4.69) is 24.1 Å². The Hall–Kier alpha value is -1.46. The highest BCUT2D eigenvalue weighted by molar-refractivity contribution is 5.81. The van der Waals surface area contributed by atoms with Crippen LogP contribution in [0.5, 0.6) is 0 Å². The van der Waals surface area contributed by atoms with Gasteiger partial charge in [0.1, 0.15) is 18.9 Å². The van der Waals surface area contributed by atoms with Gasteiger partial charge in [0.2, 0.25) is 5.84 Å². The van der Waals surface area contributed by atoms with Crippen LogP contribution in [0.15, 0.2) is 29.5 Å². The molecule has 2 unspecified atom stereocenters. The number of aliphatic carboxylic acids is 1. The van der Waals surface area contributed by atoms with E-state index in [0.717, 1.165) is 31.5 Å². The molecule has 2 N–H and O–H groups in total. The molecule has 0 radical (unpaired) electrons. The van der Waals surface area contributed by atoms with Crippen LogP contribution in [0.1, 0.15) is 117 Å². The molecule has 0 saturated carbocycles. The quantitative estimate of drug-likeness (QED) is 0.155. The molecule has 0 aromatic rings. The van der Waals surface area contributed by atoms with Crippen molar-refractivity contribution >= 4 is 11.8 Å². The molecule has 0 bridgehead atoms. The highest BCUT2D eigenvalue weighted by atomic mass is 16.4. The molecule has 0 aromatic carbocycles. The van der Waals surface area contributed by atoms with Crippen LogP contribution in [0.2, 0.25) is 0 Å². The number of rotatable bonds is 20. The molecular formula is C26H47N3O2. The van der Waals surface area contributed by atoms with Gasteiger partial charge >= 0.3 is 0 Å². The summed E-state index contributed by atoms with van der Waals surface area (Å²) in [5, 5.41) is 11.2. The number of hydrogen-bond donors (Lipinski definition) is 1. The van der Waals surface area contributed by atoms with Crippen LogP contribution in [0.3, 0.4) is 0 Å². The Morgan fingerprint density at radius 1 is 0.968 bits per heavy atom. The van der Waals surface area contributed by atoms with Crippen LogP contribution >= 0.6 is 0 Å². The van der Waals surface area contributed by atoms with Crippen LogP contribution < -0.4 is 10.8 Å². The average Bonchev–Trinajstić information content (AvgIpc) is 3.13. The first-order chi connectivity index (χ1) is 15.0. The number of amidine groups is 1. The minimum absolute atomic E-state index is 0.109. The zero-order chi connectivity index (χ0) is 22.8. The van der Waals surface area contributed by atoms with Gasteiger partial charge in [-0.1, -0.05) is 89.7 Å². The summed E-state index contributed by atoms with van der Waals surface area (Å²) in [7, 11) is 0. The fraction of sp³-hybridized carbons (Fsp3) is 0.769. The lowest BCUT2D eigenvalue weighted by Crippen LogP contribution is -2.60. The summed E-state index contributed by atoms with van der Waals surface area (Å²) in [5.41, 5.74) is 6.08. The summed E-state index contributed by atoms with van der Waals surface area (Å²) >= 11 is 0. The number of quaternary nitrogens is 1. The number of nitrogens with two attached hydrogens (primary N) is 1. The predicted molar refractivity (Wildman–Crippen MR) is 129 cm³/mol. The van der Waals surface area contributed by atoms with Crippen LogP contribution in [0, 0.1) is 0 Å². The van der Waals surface area contributed by atoms with Gasteiger partial charge in [-0.15, -0.1) is 0 Å². The first-order valence-corrected chi connectivity index (χ1v) is 12.8. The van der Waals surface area contributed by atoms with Crippen molar-refractivity contribution < 1.29 is 14.4 Å². The molecule has 1 heterocycles. The minimum Gasteiger partial charge on any atom is -0.544 e. The number of carboxylic acids is 1. The Bertz CT molecular complexity index is 569. The van der Waals surface area contributed by atoms with Gasteiger partial charge < -0.3 is 9.90 Å². The van der Waals surface area contributed by atoms with Crippen LogP contribution in [0.25, 0.3) is 0 Å². The first-order valence-electron chi connectivity index (χ1n) is 12.8. The SMILES string of the molecule is CC/C=C/CCCCCCCCCCCCCCCC1=NC=C[N+]1(CC(=O)[O-])C(C)N. The lowest BCUT2D eigenvalue weighted by atomic mass is 10.0. The van der Waals surface area contributed by atoms with Gasteiger partial charge in [0.15, 0.2) is 0 Å². The van der Waals surface area contributed by atoms with E-state index in [1.807, 2.05) is 6.92 Å². The van der Waals surface area contributed by atoms with E-state index in [9.17, 15) is 9.90 Å². The normalized spacial score (nSPS) is 19.3. The minimum atomic E-state index is -1.09. The van der Waals surface area contributed by atoms with Crippen LogP contribution in [-0.2, 0) is 4.79 Å². The number of carbonyl (C=O) groups is 1. The largest absolute Gasteiger partial charge is 0.544 e. The summed E-state index contributed by atoms with van der Waals surface area (Å²) < 4.78 is 0.109. The summed E-state index contributed by atoms with van der Waals surface area (Å²) in [6.07, 6.45) is 28.1. The van der Waals surface area contributed by atoms with Crippen molar-refractivity contribution in [1.29, 1.82) is 0 Å². The van der Waals surface area contributed by atoms with Gasteiger partial charge in [-0.05, 0) is 25.7 Å². The fourth-order valence-electron chi connectivity index (χ4n) is 4.35. The predicted octanol–water partition coefficient (Wildman–Crippen LogP) is 5.56. The van der Waals surface area contributed by atoms with E-state index in [1.165, 1.54) is 77.0 Å². The zero-order valence-corrected chi connectivity index (χ0v) is 20.2. The molecule has 2 atom stereocenters. The number of unbranched alkanes of at least 4 members (excludes halogenated alkanes) is 13. The monoisotopic (exact) mass is 433 g/mol. The molecular weight excluding hydrogens is 386 g/mol. The maximum atomic E-state index is 11.2. The zero-order valence-electron chi connectivity index (χ0n) is 20.2. The Kier molecular flexibility index (Phi) is 15.2. The number of allylic oxidation sites excluding steroid dienone is 2. The van der Waals surface area contributed by atoms with Gasteiger partial charge in [0, 0.05) is 13.3 Å². The summed E-state index contributed by atoms with van der Waals surface area (Å²) in [6, 6.07) is 0. The Morgan fingerprint density at radius 3 is 1.97 bits per heavy atom. The molecule has 0 spiro atoms. The third-order valence-electron chi connectivity index (χ3n) is 6.33. The number of aliphatic imine (C=N–C) groups is 1. The second-order valence-electron chi connectivity index (χ2n) is 9.06. The lowest BCUT2D eigenvalue weighted by molar-refractivity contribution is -0.808. The van der Waals surface area contributed by atoms with Crippen LogP contribution in [0.4, 0.5) is 0 Å². The van der Waals surface area contributed by atoms with E-state index in [1.54, 1.807) is 12.4 Å². The second kappa shape index (κ2) is 17.1. The van der Waals surface area contributed by atoms with Gasteiger partial charge in [0.25, 0.3) is 0 Å². The van der Waals surface area contributed by atoms with E-state index in [4.69, 9.17) is 5.73 Å². The lowest BCUT2D eigenvalue weighted by Gasteiger charge is -2.36. The summed E-state index contributed by atoms with van der Waals surface area (Å²) in [6.45, 7) is 3.89. The van der Waals surface area contributed by atoms with Crippen molar-refractivity contribution in [3.05, 3.63) is 24.6 Å². The molecule has 1 rings (SSSR count). The van der Waals surface area contributed by atoms with E-state index < -0.39 is 5.97 Å². The van der Waals surface area contributed by atoms with Gasteiger partial charge in [-0.25, -0.2) is 9.48 Å². The summed E-state index contributed by atoms with van der Waals surface area (Å²) in [4.78, 5) is 15.6. The highest BCUT2D eigenvalue weighted by Crippen LogP contribution is 2.23. The van der Waals surface area contributed by atoms with Crippen molar-refractivity contribution in [2.75, 3.05) is 6.54 Å². The van der Waals surface area contributed by atoms with Gasteiger partial charge in [-0.2, -0.15) is 0 Å². The molecule has 31 heavy (non-hydrogen) atoms. The number of nitrogens with zero attached hydrogens (tertiary/aromatic N) is 2. The van der Waals surface area contributed by atoms with E-state index in [-0.39, 0.29) is 17.2 Å². The van der Waals surface area contributed by atoms with E-state index in [0.29, 0.717) is 0 Å². The molecule has 5 nitrogen and oxygen atoms in total. The van der Waals surface area contributed by atoms with Crippen molar-refractivity contribution in [2.24, 2.45) is 10.7 Å².